The first kappa shape index (κ1) is 16.3. The number of hydrogen-bond acceptors (Lipinski definition) is 3. The lowest BCUT2D eigenvalue weighted by Crippen LogP contribution is -2.34. The Morgan fingerprint density at radius 3 is 2.71 bits per heavy atom. The van der Waals surface area contributed by atoms with Crippen molar-refractivity contribution in [1.82, 2.24) is 10.2 Å². The van der Waals surface area contributed by atoms with Crippen molar-refractivity contribution in [1.29, 1.82) is 0 Å². The Balaban J connectivity index is 1.57. The lowest BCUT2D eigenvalue weighted by Gasteiger charge is -2.18. The van der Waals surface area contributed by atoms with Gasteiger partial charge < -0.3 is 14.6 Å². The molecule has 0 aliphatic carbocycles. The van der Waals surface area contributed by atoms with Crippen molar-refractivity contribution in [2.45, 2.75) is 32.9 Å². The van der Waals surface area contributed by atoms with Crippen molar-refractivity contribution in [3.05, 3.63) is 59.5 Å². The smallest absolute Gasteiger partial charge is 0.226 e. The summed E-state index contributed by atoms with van der Waals surface area (Å²) < 4.78 is 5.54. The van der Waals surface area contributed by atoms with Crippen molar-refractivity contribution in [3.8, 4) is 0 Å². The lowest BCUT2D eigenvalue weighted by atomic mass is 10.1. The molecule has 1 fully saturated rings. The van der Waals surface area contributed by atoms with Crippen LogP contribution in [0.2, 0.25) is 0 Å². The number of rotatable bonds is 5. The topological polar surface area (TPSA) is 62.6 Å². The van der Waals surface area contributed by atoms with Crippen LogP contribution in [-0.4, -0.2) is 23.3 Å². The maximum atomic E-state index is 12.4. The van der Waals surface area contributed by atoms with E-state index in [1.165, 1.54) is 0 Å². The summed E-state index contributed by atoms with van der Waals surface area (Å²) in [5, 5.41) is 2.94. The molecule has 0 saturated carbocycles. The minimum absolute atomic E-state index is 0.0282. The normalized spacial score (nSPS) is 18.7. The third-order valence-electron chi connectivity index (χ3n) is 4.35. The molecule has 0 radical (unpaired) electrons. The van der Waals surface area contributed by atoms with Gasteiger partial charge in [-0.25, -0.2) is 0 Å². The third-order valence-corrected chi connectivity index (χ3v) is 4.35. The second-order valence-corrected chi connectivity index (χ2v) is 6.34. The Bertz CT molecular complexity index is 723. The average molecular weight is 326 g/mol. The molecule has 1 N–H and O–H groups in total. The number of carbonyl (C=O) groups excluding carboxylic acids is 2. The molecular weight excluding hydrogens is 304 g/mol. The number of carbonyl (C=O) groups is 2. The van der Waals surface area contributed by atoms with E-state index >= 15 is 0 Å². The summed E-state index contributed by atoms with van der Waals surface area (Å²) in [6.07, 6.45) is 0.266. The zero-order valence-corrected chi connectivity index (χ0v) is 14.0. The molecule has 2 atom stereocenters. The highest BCUT2D eigenvalue weighted by molar-refractivity contribution is 5.89. The first-order valence-electron chi connectivity index (χ1n) is 8.21. The summed E-state index contributed by atoms with van der Waals surface area (Å²) in [6.45, 7) is 4.77. The number of nitrogens with one attached hydrogen (secondary N) is 1. The van der Waals surface area contributed by atoms with E-state index in [0.29, 0.717) is 13.1 Å². The molecule has 2 amide bonds. The van der Waals surface area contributed by atoms with E-state index in [-0.39, 0.29) is 30.2 Å². The van der Waals surface area contributed by atoms with Crippen LogP contribution in [0.15, 0.2) is 46.9 Å². The van der Waals surface area contributed by atoms with Gasteiger partial charge in [0.2, 0.25) is 11.8 Å². The zero-order chi connectivity index (χ0) is 17.1. The Hall–Kier alpha value is -2.56. The van der Waals surface area contributed by atoms with Gasteiger partial charge >= 0.3 is 0 Å². The second kappa shape index (κ2) is 6.91. The molecular formula is C19H22N2O3. The Kier molecular flexibility index (Phi) is 4.69. The lowest BCUT2D eigenvalue weighted by molar-refractivity contribution is -0.129. The van der Waals surface area contributed by atoms with E-state index in [9.17, 15) is 9.59 Å². The van der Waals surface area contributed by atoms with E-state index in [2.05, 4.69) is 5.32 Å². The van der Waals surface area contributed by atoms with Gasteiger partial charge in [0.05, 0.1) is 12.0 Å². The Morgan fingerprint density at radius 1 is 1.29 bits per heavy atom. The van der Waals surface area contributed by atoms with Gasteiger partial charge in [0.25, 0.3) is 0 Å². The first-order valence-corrected chi connectivity index (χ1v) is 8.21. The van der Waals surface area contributed by atoms with Crippen LogP contribution in [0.25, 0.3) is 0 Å². The van der Waals surface area contributed by atoms with Gasteiger partial charge in [-0.15, -0.1) is 0 Å². The van der Waals surface area contributed by atoms with Gasteiger partial charge in [-0.1, -0.05) is 30.3 Å². The minimum atomic E-state index is -0.306. The van der Waals surface area contributed by atoms with Crippen LogP contribution < -0.4 is 5.32 Å². The fourth-order valence-corrected chi connectivity index (χ4v) is 2.99. The number of aryl methyl sites for hydroxylation is 1. The summed E-state index contributed by atoms with van der Waals surface area (Å²) >= 11 is 0. The van der Waals surface area contributed by atoms with Crippen molar-refractivity contribution < 1.29 is 14.0 Å². The third kappa shape index (κ3) is 3.67. The second-order valence-electron chi connectivity index (χ2n) is 6.34. The summed E-state index contributed by atoms with van der Waals surface area (Å²) in [5.41, 5.74) is 1.08. The summed E-state index contributed by atoms with van der Waals surface area (Å²) in [6, 6.07) is 13.4. The SMILES string of the molecule is Cc1ccc(C(C)NC(=O)C2CC(=O)N(Cc3ccccc3)C2)o1. The molecule has 2 unspecified atom stereocenters. The maximum Gasteiger partial charge on any atom is 0.226 e. The van der Waals surface area contributed by atoms with Crippen LogP contribution in [0.3, 0.4) is 0 Å². The number of hydrogen-bond donors (Lipinski definition) is 1. The first-order chi connectivity index (χ1) is 11.5. The molecule has 1 aromatic heterocycles. The predicted molar refractivity (Wildman–Crippen MR) is 90.0 cm³/mol. The molecule has 5 heteroatoms. The minimum Gasteiger partial charge on any atom is -0.464 e. The van der Waals surface area contributed by atoms with Gasteiger partial charge in [-0.2, -0.15) is 0 Å². The van der Waals surface area contributed by atoms with E-state index < -0.39 is 0 Å². The quantitative estimate of drug-likeness (QED) is 0.919. The van der Waals surface area contributed by atoms with Crippen LogP contribution >= 0.6 is 0 Å². The summed E-state index contributed by atoms with van der Waals surface area (Å²) in [7, 11) is 0. The van der Waals surface area contributed by atoms with Crippen LogP contribution in [0.5, 0.6) is 0 Å². The van der Waals surface area contributed by atoms with Crippen molar-refractivity contribution in [2.24, 2.45) is 5.92 Å². The van der Waals surface area contributed by atoms with Crippen LogP contribution in [-0.2, 0) is 16.1 Å². The number of likely N-dealkylation sites (tertiary alicyclic amines) is 1. The van der Waals surface area contributed by atoms with E-state index in [0.717, 1.165) is 17.1 Å². The highest BCUT2D eigenvalue weighted by Gasteiger charge is 2.34. The molecule has 0 bridgehead atoms. The van der Waals surface area contributed by atoms with Crippen molar-refractivity contribution >= 4 is 11.8 Å². The van der Waals surface area contributed by atoms with Gasteiger partial charge in [-0.3, -0.25) is 9.59 Å². The number of amides is 2. The van der Waals surface area contributed by atoms with Gasteiger partial charge in [0.15, 0.2) is 0 Å². The molecule has 2 heterocycles. The van der Waals surface area contributed by atoms with Crippen LogP contribution in [0.1, 0.15) is 36.5 Å². The molecule has 1 aliphatic heterocycles. The number of benzene rings is 1. The maximum absolute atomic E-state index is 12.4. The van der Waals surface area contributed by atoms with Crippen molar-refractivity contribution in [3.63, 3.8) is 0 Å². The van der Waals surface area contributed by atoms with Crippen LogP contribution in [0.4, 0.5) is 0 Å². The Morgan fingerprint density at radius 2 is 2.04 bits per heavy atom. The van der Waals surface area contributed by atoms with Gasteiger partial charge in [0.1, 0.15) is 11.5 Å². The predicted octanol–water partition coefficient (Wildman–Crippen LogP) is 2.81. The number of nitrogens with zero attached hydrogens (tertiary/aromatic N) is 1. The van der Waals surface area contributed by atoms with E-state index in [1.54, 1.807) is 4.90 Å². The van der Waals surface area contributed by atoms with Gasteiger partial charge in [-0.05, 0) is 31.5 Å². The van der Waals surface area contributed by atoms with E-state index in [4.69, 9.17) is 4.42 Å². The highest BCUT2D eigenvalue weighted by atomic mass is 16.3. The molecule has 0 spiro atoms. The summed E-state index contributed by atoms with van der Waals surface area (Å²) in [4.78, 5) is 26.4. The molecule has 3 rings (SSSR count). The zero-order valence-electron chi connectivity index (χ0n) is 14.0. The molecule has 24 heavy (non-hydrogen) atoms. The monoisotopic (exact) mass is 326 g/mol. The summed E-state index contributed by atoms with van der Waals surface area (Å²) in [5.74, 6) is 1.17. The van der Waals surface area contributed by atoms with Crippen molar-refractivity contribution in [2.75, 3.05) is 6.54 Å². The number of furan rings is 1. The molecule has 1 saturated heterocycles. The molecule has 1 aromatic carbocycles. The molecule has 126 valence electrons. The highest BCUT2D eigenvalue weighted by Crippen LogP contribution is 2.22. The fourth-order valence-electron chi connectivity index (χ4n) is 2.99. The molecule has 1 aliphatic rings. The van der Waals surface area contributed by atoms with Gasteiger partial charge in [0, 0.05) is 19.5 Å². The molecule has 5 nitrogen and oxygen atoms in total. The van der Waals surface area contributed by atoms with E-state index in [1.807, 2.05) is 56.3 Å². The largest absolute Gasteiger partial charge is 0.464 e. The average Bonchev–Trinajstić information content (AvgIpc) is 3.15. The molecule has 2 aromatic rings. The van der Waals surface area contributed by atoms with Crippen LogP contribution in [0, 0.1) is 12.8 Å². The Labute approximate surface area is 141 Å². The standard InChI is InChI=1S/C19H22N2O3/c1-13-8-9-17(24-13)14(2)20-19(23)16-10-18(22)21(12-16)11-15-6-4-3-5-7-15/h3-9,14,16H,10-12H2,1-2H3,(H,20,23). The fraction of sp³-hybridized carbons (Fsp3) is 0.368.